The van der Waals surface area contributed by atoms with Gasteiger partial charge >= 0.3 is 5.97 Å². The molecule has 1 aromatic heterocycles. The van der Waals surface area contributed by atoms with Crippen LogP contribution in [0, 0.1) is 0 Å². The van der Waals surface area contributed by atoms with Crippen LogP contribution in [0.4, 0.5) is 0 Å². The maximum Gasteiger partial charge on any atom is 0.338 e. The van der Waals surface area contributed by atoms with E-state index < -0.39 is 5.97 Å². The number of hydrogen-bond acceptors (Lipinski definition) is 5. The predicted molar refractivity (Wildman–Crippen MR) is 89.0 cm³/mol. The lowest BCUT2D eigenvalue weighted by Crippen LogP contribution is -2.12. The molecule has 6 nitrogen and oxygen atoms in total. The zero-order valence-electron chi connectivity index (χ0n) is 13.1. The number of hydrogen-bond donors (Lipinski definition) is 0. The number of benzene rings is 1. The molecule has 23 heavy (non-hydrogen) atoms. The van der Waals surface area contributed by atoms with Crippen molar-refractivity contribution in [3.05, 3.63) is 40.6 Å². The summed E-state index contributed by atoms with van der Waals surface area (Å²) in [5.41, 5.74) is 0.401. The van der Waals surface area contributed by atoms with Gasteiger partial charge < -0.3 is 14.2 Å². The van der Waals surface area contributed by atoms with E-state index in [-0.39, 0.29) is 6.61 Å². The van der Waals surface area contributed by atoms with Crippen molar-refractivity contribution in [3.63, 3.8) is 0 Å². The number of ether oxygens (including phenoxy) is 3. The molecule has 0 N–H and O–H groups in total. The predicted octanol–water partition coefficient (Wildman–Crippen LogP) is 3.30. The Morgan fingerprint density at radius 1 is 1.35 bits per heavy atom. The van der Waals surface area contributed by atoms with Crippen LogP contribution in [0.2, 0.25) is 0 Å². The quantitative estimate of drug-likeness (QED) is 0.655. The van der Waals surface area contributed by atoms with Crippen LogP contribution in [-0.4, -0.2) is 36.1 Å². The molecule has 0 unspecified atom stereocenters. The van der Waals surface area contributed by atoms with Crippen molar-refractivity contribution in [1.82, 2.24) is 9.78 Å². The Hall–Kier alpha value is -2.02. The van der Waals surface area contributed by atoms with Crippen molar-refractivity contribution in [2.75, 3.05) is 20.3 Å². The van der Waals surface area contributed by atoms with Gasteiger partial charge in [-0.25, -0.2) is 4.79 Å². The first kappa shape index (κ1) is 17.3. The molecule has 0 aliphatic rings. The van der Waals surface area contributed by atoms with E-state index in [4.69, 9.17) is 14.2 Å². The van der Waals surface area contributed by atoms with Crippen molar-refractivity contribution in [1.29, 1.82) is 0 Å². The SMILES string of the molecule is CCCOc1c(Br)cc(C(=O)OCCn2cccn2)cc1OC. The topological polar surface area (TPSA) is 62.6 Å². The molecule has 2 aromatic rings. The van der Waals surface area contributed by atoms with Gasteiger partial charge in [0.05, 0.1) is 30.3 Å². The standard InChI is InChI=1S/C16H19BrN2O4/c1-3-8-22-15-13(17)10-12(11-14(15)21-2)16(20)23-9-7-19-6-4-5-18-19/h4-6,10-11H,3,7-9H2,1-2H3. The largest absolute Gasteiger partial charge is 0.493 e. The van der Waals surface area contributed by atoms with Gasteiger partial charge in [-0.1, -0.05) is 6.92 Å². The summed E-state index contributed by atoms with van der Waals surface area (Å²) >= 11 is 3.41. The third-order valence-corrected chi connectivity index (χ3v) is 3.62. The van der Waals surface area contributed by atoms with Gasteiger partial charge in [0.2, 0.25) is 0 Å². The number of nitrogens with zero attached hydrogens (tertiary/aromatic N) is 2. The number of rotatable bonds is 8. The molecule has 0 radical (unpaired) electrons. The Bertz CT molecular complexity index is 644. The van der Waals surface area contributed by atoms with E-state index in [2.05, 4.69) is 21.0 Å². The molecule has 0 aliphatic carbocycles. The highest BCUT2D eigenvalue weighted by Gasteiger charge is 2.16. The lowest BCUT2D eigenvalue weighted by molar-refractivity contribution is 0.0487. The summed E-state index contributed by atoms with van der Waals surface area (Å²) in [5.74, 6) is 0.660. The first-order valence-corrected chi connectivity index (χ1v) is 8.10. The number of methoxy groups -OCH3 is 1. The van der Waals surface area contributed by atoms with Gasteiger partial charge in [-0.05, 0) is 40.5 Å². The molecule has 0 saturated carbocycles. The molecule has 0 bridgehead atoms. The first-order valence-electron chi connectivity index (χ1n) is 7.30. The highest BCUT2D eigenvalue weighted by Crippen LogP contribution is 2.36. The van der Waals surface area contributed by atoms with Crippen LogP contribution in [0.1, 0.15) is 23.7 Å². The second-order valence-electron chi connectivity index (χ2n) is 4.74. The van der Waals surface area contributed by atoms with Gasteiger partial charge in [0, 0.05) is 12.4 Å². The van der Waals surface area contributed by atoms with Gasteiger partial charge in [-0.3, -0.25) is 4.68 Å². The third-order valence-electron chi connectivity index (χ3n) is 3.03. The lowest BCUT2D eigenvalue weighted by atomic mass is 10.2. The summed E-state index contributed by atoms with van der Waals surface area (Å²) in [6.07, 6.45) is 4.37. The molecule has 124 valence electrons. The fourth-order valence-electron chi connectivity index (χ4n) is 1.93. The lowest BCUT2D eigenvalue weighted by Gasteiger charge is -2.13. The summed E-state index contributed by atoms with van der Waals surface area (Å²) in [6, 6.07) is 5.11. The highest BCUT2D eigenvalue weighted by atomic mass is 79.9. The van der Waals surface area contributed by atoms with Crippen LogP contribution in [0.25, 0.3) is 0 Å². The molecule has 0 spiro atoms. The fraction of sp³-hybridized carbons (Fsp3) is 0.375. The molecule has 1 aromatic carbocycles. The smallest absolute Gasteiger partial charge is 0.338 e. The normalized spacial score (nSPS) is 10.4. The van der Waals surface area contributed by atoms with Crippen LogP contribution < -0.4 is 9.47 Å². The van der Waals surface area contributed by atoms with E-state index in [0.29, 0.717) is 34.7 Å². The zero-order chi connectivity index (χ0) is 16.7. The van der Waals surface area contributed by atoms with Gasteiger partial charge in [0.1, 0.15) is 6.61 Å². The van der Waals surface area contributed by atoms with Crippen molar-refractivity contribution >= 4 is 21.9 Å². The van der Waals surface area contributed by atoms with Crippen LogP contribution in [0.15, 0.2) is 35.1 Å². The molecule has 0 amide bonds. The van der Waals surface area contributed by atoms with Crippen molar-refractivity contribution in [2.45, 2.75) is 19.9 Å². The highest BCUT2D eigenvalue weighted by molar-refractivity contribution is 9.10. The van der Waals surface area contributed by atoms with Crippen LogP contribution in [0.3, 0.4) is 0 Å². The Morgan fingerprint density at radius 3 is 2.83 bits per heavy atom. The van der Waals surface area contributed by atoms with Gasteiger partial charge in [-0.15, -0.1) is 0 Å². The summed E-state index contributed by atoms with van der Waals surface area (Å²) in [6.45, 7) is 3.34. The molecule has 0 fully saturated rings. The third kappa shape index (κ3) is 4.72. The molecular weight excluding hydrogens is 364 g/mol. The van der Waals surface area contributed by atoms with Gasteiger partial charge in [0.15, 0.2) is 11.5 Å². The molecule has 0 aliphatic heterocycles. The maximum atomic E-state index is 12.1. The summed E-state index contributed by atoms with van der Waals surface area (Å²) < 4.78 is 18.6. The van der Waals surface area contributed by atoms with Gasteiger partial charge in [0.25, 0.3) is 0 Å². The molecular formula is C16H19BrN2O4. The minimum Gasteiger partial charge on any atom is -0.493 e. The van der Waals surface area contributed by atoms with Crippen molar-refractivity contribution < 1.29 is 19.0 Å². The number of esters is 1. The molecule has 2 rings (SSSR count). The van der Waals surface area contributed by atoms with E-state index in [9.17, 15) is 4.79 Å². The van der Waals surface area contributed by atoms with Crippen molar-refractivity contribution in [3.8, 4) is 11.5 Å². The van der Waals surface area contributed by atoms with Crippen LogP contribution in [0.5, 0.6) is 11.5 Å². The number of carbonyl (C=O) groups excluding carboxylic acids is 1. The summed E-state index contributed by atoms with van der Waals surface area (Å²) in [5, 5.41) is 4.05. The Morgan fingerprint density at radius 2 is 2.17 bits per heavy atom. The molecule has 1 heterocycles. The van der Waals surface area contributed by atoms with Gasteiger partial charge in [-0.2, -0.15) is 5.10 Å². The van der Waals surface area contributed by atoms with E-state index in [1.165, 1.54) is 7.11 Å². The maximum absolute atomic E-state index is 12.1. The average molecular weight is 383 g/mol. The average Bonchev–Trinajstić information content (AvgIpc) is 3.06. The van der Waals surface area contributed by atoms with Crippen LogP contribution >= 0.6 is 15.9 Å². The summed E-state index contributed by atoms with van der Waals surface area (Å²) in [4.78, 5) is 12.1. The van der Waals surface area contributed by atoms with E-state index in [1.54, 1.807) is 23.0 Å². The van der Waals surface area contributed by atoms with E-state index >= 15 is 0 Å². The minimum absolute atomic E-state index is 0.245. The number of aromatic nitrogens is 2. The van der Waals surface area contributed by atoms with E-state index in [1.807, 2.05) is 19.2 Å². The second-order valence-corrected chi connectivity index (χ2v) is 5.60. The minimum atomic E-state index is -0.418. The Balaban J connectivity index is 2.03. The molecule has 7 heteroatoms. The monoisotopic (exact) mass is 382 g/mol. The second kappa shape index (κ2) is 8.57. The summed E-state index contributed by atoms with van der Waals surface area (Å²) in [7, 11) is 1.54. The van der Waals surface area contributed by atoms with Crippen LogP contribution in [-0.2, 0) is 11.3 Å². The van der Waals surface area contributed by atoms with Crippen molar-refractivity contribution in [2.24, 2.45) is 0 Å². The fourth-order valence-corrected chi connectivity index (χ4v) is 2.49. The molecule has 0 saturated heterocycles. The number of carbonyl (C=O) groups is 1. The first-order chi connectivity index (χ1) is 11.2. The Kier molecular flexibility index (Phi) is 6.46. The molecule has 0 atom stereocenters. The Labute approximate surface area is 143 Å². The number of halogens is 1. The van der Waals surface area contributed by atoms with E-state index in [0.717, 1.165) is 6.42 Å². The zero-order valence-corrected chi connectivity index (χ0v) is 14.7.